The van der Waals surface area contributed by atoms with Crippen molar-refractivity contribution in [3.05, 3.63) is 65.9 Å². The molecule has 1 aromatic heterocycles. The molecular weight excluding hydrogens is 372 g/mol. The number of aromatic nitrogens is 2. The maximum Gasteiger partial charge on any atom is 0.234 e. The highest BCUT2D eigenvalue weighted by molar-refractivity contribution is 8.00. The molecule has 7 heteroatoms. The van der Waals surface area contributed by atoms with Gasteiger partial charge in [0.1, 0.15) is 22.4 Å². The number of thioether (sulfide) groups is 1. The van der Waals surface area contributed by atoms with Crippen LogP contribution in [-0.4, -0.2) is 28.7 Å². The predicted molar refractivity (Wildman–Crippen MR) is 109 cm³/mol. The molecule has 2 aromatic carbocycles. The highest BCUT2D eigenvalue weighted by Crippen LogP contribution is 2.26. The van der Waals surface area contributed by atoms with E-state index in [1.54, 1.807) is 38.3 Å². The summed E-state index contributed by atoms with van der Waals surface area (Å²) in [5, 5.41) is 12.8. The monoisotopic (exact) mass is 390 g/mol. The summed E-state index contributed by atoms with van der Waals surface area (Å²) in [5.41, 5.74) is 2.48. The number of benzene rings is 2. The van der Waals surface area contributed by atoms with Crippen LogP contribution in [0.2, 0.25) is 0 Å². The van der Waals surface area contributed by atoms with Crippen LogP contribution in [0, 0.1) is 18.3 Å². The molecular formula is C21H18N4O2S. The topological polar surface area (TPSA) is 87.9 Å². The first kappa shape index (κ1) is 19.4. The fourth-order valence-electron chi connectivity index (χ4n) is 2.53. The molecule has 140 valence electrons. The van der Waals surface area contributed by atoms with Crippen LogP contribution < -0.4 is 10.1 Å². The molecule has 0 unspecified atom stereocenters. The Morgan fingerprint density at radius 2 is 1.96 bits per heavy atom. The van der Waals surface area contributed by atoms with Crippen LogP contribution in [0.5, 0.6) is 5.75 Å². The lowest BCUT2D eigenvalue weighted by atomic mass is 10.2. The Morgan fingerprint density at radius 3 is 2.68 bits per heavy atom. The van der Waals surface area contributed by atoms with Gasteiger partial charge in [-0.2, -0.15) is 5.26 Å². The van der Waals surface area contributed by atoms with Crippen LogP contribution in [0.25, 0.3) is 11.4 Å². The van der Waals surface area contributed by atoms with Gasteiger partial charge in [0.05, 0.1) is 18.6 Å². The fourth-order valence-corrected chi connectivity index (χ4v) is 3.36. The second kappa shape index (κ2) is 9.02. The van der Waals surface area contributed by atoms with E-state index in [9.17, 15) is 10.1 Å². The van der Waals surface area contributed by atoms with Crippen LogP contribution in [0.4, 0.5) is 5.69 Å². The van der Waals surface area contributed by atoms with Gasteiger partial charge in [0, 0.05) is 17.3 Å². The molecule has 0 radical (unpaired) electrons. The molecule has 0 aliphatic heterocycles. The van der Waals surface area contributed by atoms with Crippen LogP contribution >= 0.6 is 11.8 Å². The summed E-state index contributed by atoms with van der Waals surface area (Å²) in [6.45, 7) is 1.77. The predicted octanol–water partition coefficient (Wildman–Crippen LogP) is 4.06. The molecule has 6 nitrogen and oxygen atoms in total. The van der Waals surface area contributed by atoms with E-state index in [1.807, 2.05) is 30.3 Å². The van der Waals surface area contributed by atoms with Gasteiger partial charge in [0.2, 0.25) is 5.91 Å². The van der Waals surface area contributed by atoms with Crippen LogP contribution in [0.3, 0.4) is 0 Å². The third kappa shape index (κ3) is 4.67. The minimum atomic E-state index is -0.195. The SMILES string of the molecule is COc1cccc(NC(=O)CSc2nc(-c3ccccc3)nc(C)c2C#N)c1. The normalized spacial score (nSPS) is 10.2. The Balaban J connectivity index is 1.76. The Kier molecular flexibility index (Phi) is 6.25. The number of ether oxygens (including phenoxy) is 1. The summed E-state index contributed by atoms with van der Waals surface area (Å²) in [4.78, 5) is 21.3. The molecule has 1 heterocycles. The highest BCUT2D eigenvalue weighted by Gasteiger charge is 2.15. The molecule has 1 N–H and O–H groups in total. The van der Waals surface area contributed by atoms with Crippen LogP contribution in [0.15, 0.2) is 59.6 Å². The number of hydrogen-bond acceptors (Lipinski definition) is 6. The minimum Gasteiger partial charge on any atom is -0.497 e. The van der Waals surface area contributed by atoms with Crippen molar-refractivity contribution in [2.24, 2.45) is 0 Å². The lowest BCUT2D eigenvalue weighted by Gasteiger charge is -2.09. The van der Waals surface area contributed by atoms with Gasteiger partial charge in [-0.3, -0.25) is 4.79 Å². The van der Waals surface area contributed by atoms with Gasteiger partial charge in [0.15, 0.2) is 5.82 Å². The molecule has 0 saturated heterocycles. The highest BCUT2D eigenvalue weighted by atomic mass is 32.2. The van der Waals surface area contributed by atoms with Crippen LogP contribution in [0.1, 0.15) is 11.3 Å². The van der Waals surface area contributed by atoms with Crippen molar-refractivity contribution < 1.29 is 9.53 Å². The quantitative estimate of drug-likeness (QED) is 0.504. The van der Waals surface area contributed by atoms with Gasteiger partial charge in [-0.05, 0) is 19.1 Å². The summed E-state index contributed by atoms with van der Waals surface area (Å²) in [5.74, 6) is 1.12. The number of nitriles is 1. The number of carbonyl (C=O) groups excluding carboxylic acids is 1. The molecule has 0 aliphatic carbocycles. The van der Waals surface area contributed by atoms with E-state index >= 15 is 0 Å². The third-order valence-electron chi connectivity index (χ3n) is 3.89. The summed E-state index contributed by atoms with van der Waals surface area (Å²) in [7, 11) is 1.57. The maximum atomic E-state index is 12.3. The van der Waals surface area contributed by atoms with Gasteiger partial charge in [0.25, 0.3) is 0 Å². The van der Waals surface area contributed by atoms with E-state index in [1.165, 1.54) is 11.8 Å². The van der Waals surface area contributed by atoms with Gasteiger partial charge < -0.3 is 10.1 Å². The first-order chi connectivity index (χ1) is 13.6. The number of aryl methyl sites for hydroxylation is 1. The standard InChI is InChI=1S/C21H18N4O2S/c1-14-18(12-22)21(25-20(23-14)15-7-4-3-5-8-15)28-13-19(26)24-16-9-6-10-17(11-16)27-2/h3-11H,13H2,1-2H3,(H,24,26). The number of nitrogens with zero attached hydrogens (tertiary/aromatic N) is 3. The average molecular weight is 390 g/mol. The zero-order chi connectivity index (χ0) is 19.9. The maximum absolute atomic E-state index is 12.3. The number of anilines is 1. The zero-order valence-corrected chi connectivity index (χ0v) is 16.3. The first-order valence-corrected chi connectivity index (χ1v) is 9.50. The lowest BCUT2D eigenvalue weighted by molar-refractivity contribution is -0.113. The molecule has 3 aromatic rings. The van der Waals surface area contributed by atoms with Crippen molar-refractivity contribution in [3.8, 4) is 23.2 Å². The summed E-state index contributed by atoms with van der Waals surface area (Å²) in [6.07, 6.45) is 0. The van der Waals surface area contributed by atoms with Crippen molar-refractivity contribution in [2.45, 2.75) is 11.9 Å². The van der Waals surface area contributed by atoms with Gasteiger partial charge >= 0.3 is 0 Å². The van der Waals surface area contributed by atoms with Crippen molar-refractivity contribution in [1.29, 1.82) is 5.26 Å². The van der Waals surface area contributed by atoms with E-state index in [0.29, 0.717) is 33.5 Å². The Hall–Kier alpha value is -3.37. The van der Waals surface area contributed by atoms with E-state index in [-0.39, 0.29) is 11.7 Å². The lowest BCUT2D eigenvalue weighted by Crippen LogP contribution is -2.14. The van der Waals surface area contributed by atoms with Crippen molar-refractivity contribution in [3.63, 3.8) is 0 Å². The first-order valence-electron chi connectivity index (χ1n) is 8.51. The summed E-state index contributed by atoms with van der Waals surface area (Å²) in [6, 6.07) is 18.8. The van der Waals surface area contributed by atoms with E-state index < -0.39 is 0 Å². The minimum absolute atomic E-state index is 0.122. The van der Waals surface area contributed by atoms with Gasteiger partial charge in [-0.15, -0.1) is 0 Å². The van der Waals surface area contributed by atoms with E-state index in [0.717, 1.165) is 5.56 Å². The van der Waals surface area contributed by atoms with E-state index in [4.69, 9.17) is 4.74 Å². The molecule has 28 heavy (non-hydrogen) atoms. The number of carbonyl (C=O) groups is 1. The average Bonchev–Trinajstić information content (AvgIpc) is 2.72. The number of hydrogen-bond donors (Lipinski definition) is 1. The largest absolute Gasteiger partial charge is 0.497 e. The molecule has 0 saturated carbocycles. The third-order valence-corrected chi connectivity index (χ3v) is 4.87. The zero-order valence-electron chi connectivity index (χ0n) is 15.5. The number of methoxy groups -OCH3 is 1. The molecule has 0 spiro atoms. The smallest absolute Gasteiger partial charge is 0.234 e. The van der Waals surface area contributed by atoms with Gasteiger partial charge in [-0.25, -0.2) is 9.97 Å². The van der Waals surface area contributed by atoms with Crippen molar-refractivity contribution >= 4 is 23.4 Å². The molecule has 1 amide bonds. The Labute approximate surface area is 167 Å². The second-order valence-electron chi connectivity index (χ2n) is 5.86. The summed E-state index contributed by atoms with van der Waals surface area (Å²) >= 11 is 1.22. The molecule has 0 fully saturated rings. The molecule has 0 aliphatic rings. The Morgan fingerprint density at radius 1 is 1.18 bits per heavy atom. The molecule has 0 atom stereocenters. The summed E-state index contributed by atoms with van der Waals surface area (Å²) < 4.78 is 5.15. The molecule has 0 bridgehead atoms. The number of rotatable bonds is 6. The number of nitrogens with one attached hydrogen (secondary N) is 1. The van der Waals surface area contributed by atoms with Gasteiger partial charge in [-0.1, -0.05) is 48.2 Å². The van der Waals surface area contributed by atoms with Crippen LogP contribution in [-0.2, 0) is 4.79 Å². The number of amides is 1. The molecule has 3 rings (SSSR count). The Bertz CT molecular complexity index is 1030. The fraction of sp³-hybridized carbons (Fsp3) is 0.143. The van der Waals surface area contributed by atoms with Crippen molar-refractivity contribution in [2.75, 3.05) is 18.2 Å². The second-order valence-corrected chi connectivity index (χ2v) is 6.82. The van der Waals surface area contributed by atoms with Crippen molar-refractivity contribution in [1.82, 2.24) is 9.97 Å². The van der Waals surface area contributed by atoms with E-state index in [2.05, 4.69) is 21.4 Å².